The van der Waals surface area contributed by atoms with Gasteiger partial charge in [0.2, 0.25) is 0 Å². The van der Waals surface area contributed by atoms with Crippen molar-refractivity contribution in [3.05, 3.63) is 41.6 Å². The molecule has 2 rings (SSSR count). The Morgan fingerprint density at radius 2 is 1.94 bits per heavy atom. The summed E-state index contributed by atoms with van der Waals surface area (Å²) in [7, 11) is -3.76. The number of primary sulfonamides is 1. The van der Waals surface area contributed by atoms with Gasteiger partial charge < -0.3 is 0 Å². The second-order valence-electron chi connectivity index (χ2n) is 3.92. The molecule has 0 amide bonds. The zero-order chi connectivity index (χ0) is 12.6. The van der Waals surface area contributed by atoms with Gasteiger partial charge in [0.1, 0.15) is 0 Å². The van der Waals surface area contributed by atoms with Crippen LogP contribution < -0.4 is 5.14 Å². The Hall–Kier alpha value is -1.66. The van der Waals surface area contributed by atoms with Crippen LogP contribution in [0, 0.1) is 13.8 Å². The highest BCUT2D eigenvalue weighted by molar-refractivity contribution is 7.89. The molecule has 0 bridgehead atoms. The van der Waals surface area contributed by atoms with Gasteiger partial charge in [-0.2, -0.15) is 5.10 Å². The van der Waals surface area contributed by atoms with Gasteiger partial charge in [-0.05, 0) is 31.5 Å². The van der Waals surface area contributed by atoms with E-state index >= 15 is 0 Å². The molecule has 1 heterocycles. The van der Waals surface area contributed by atoms with Crippen LogP contribution in [0.5, 0.6) is 0 Å². The molecule has 0 unspecified atom stereocenters. The first-order chi connectivity index (χ1) is 7.89. The highest BCUT2D eigenvalue weighted by Crippen LogP contribution is 2.18. The fourth-order valence-electron chi connectivity index (χ4n) is 1.73. The van der Waals surface area contributed by atoms with Crippen molar-refractivity contribution in [1.29, 1.82) is 0 Å². The molecular weight excluding hydrogens is 238 g/mol. The van der Waals surface area contributed by atoms with Gasteiger partial charge in [0.15, 0.2) is 5.03 Å². The second-order valence-corrected chi connectivity index (χ2v) is 5.42. The maximum atomic E-state index is 11.4. The molecule has 1 aromatic carbocycles. The van der Waals surface area contributed by atoms with Gasteiger partial charge in [-0.1, -0.05) is 17.7 Å². The van der Waals surface area contributed by atoms with Gasteiger partial charge in [-0.3, -0.25) is 0 Å². The van der Waals surface area contributed by atoms with Crippen molar-refractivity contribution in [3.63, 3.8) is 0 Å². The van der Waals surface area contributed by atoms with Crippen molar-refractivity contribution >= 4 is 10.0 Å². The Balaban J connectivity index is 2.66. The van der Waals surface area contributed by atoms with Crippen LogP contribution in [0.3, 0.4) is 0 Å². The molecule has 1 aromatic heterocycles. The minimum absolute atomic E-state index is 0.00977. The van der Waals surface area contributed by atoms with Crippen LogP contribution in [0.1, 0.15) is 11.1 Å². The minimum atomic E-state index is -3.76. The number of aromatic nitrogens is 2. The summed E-state index contributed by atoms with van der Waals surface area (Å²) >= 11 is 0. The molecule has 0 saturated carbocycles. The largest absolute Gasteiger partial charge is 0.255 e. The van der Waals surface area contributed by atoms with Crippen LogP contribution in [0.4, 0.5) is 0 Å². The van der Waals surface area contributed by atoms with Gasteiger partial charge in [-0.15, -0.1) is 0 Å². The normalized spacial score (nSPS) is 11.7. The third-order valence-corrected chi connectivity index (χ3v) is 3.37. The lowest BCUT2D eigenvalue weighted by atomic mass is 10.1. The topological polar surface area (TPSA) is 78.0 Å². The number of rotatable bonds is 2. The van der Waals surface area contributed by atoms with E-state index in [0.29, 0.717) is 5.69 Å². The Bertz CT molecular complexity index is 659. The van der Waals surface area contributed by atoms with Crippen LogP contribution in [0.2, 0.25) is 0 Å². The first kappa shape index (κ1) is 11.8. The smallest absolute Gasteiger partial charge is 0.223 e. The monoisotopic (exact) mass is 251 g/mol. The molecule has 0 aliphatic carbocycles. The molecular formula is C11H13N3O2S. The Kier molecular flexibility index (Phi) is 2.76. The van der Waals surface area contributed by atoms with Crippen LogP contribution in [0.25, 0.3) is 5.69 Å². The van der Waals surface area contributed by atoms with E-state index in [0.717, 1.165) is 11.1 Å². The lowest BCUT2D eigenvalue weighted by Gasteiger charge is -2.09. The molecule has 6 heteroatoms. The van der Waals surface area contributed by atoms with E-state index in [4.69, 9.17) is 5.14 Å². The summed E-state index contributed by atoms with van der Waals surface area (Å²) in [5.41, 5.74) is 2.76. The predicted octanol–water partition coefficient (Wildman–Crippen LogP) is 1.14. The molecule has 0 aliphatic heterocycles. The third-order valence-electron chi connectivity index (χ3n) is 2.48. The van der Waals surface area contributed by atoms with E-state index in [2.05, 4.69) is 5.10 Å². The summed E-state index contributed by atoms with van der Waals surface area (Å²) in [5, 5.41) is 9.12. The maximum Gasteiger partial charge on any atom is 0.255 e. The molecule has 17 heavy (non-hydrogen) atoms. The van der Waals surface area contributed by atoms with Gasteiger partial charge >= 0.3 is 0 Å². The summed E-state index contributed by atoms with van der Waals surface area (Å²) < 4.78 is 24.1. The Morgan fingerprint density at radius 1 is 1.24 bits per heavy atom. The number of sulfonamides is 1. The maximum absolute atomic E-state index is 11.4. The third kappa shape index (κ3) is 2.22. The molecule has 2 aromatic rings. The van der Waals surface area contributed by atoms with Crippen molar-refractivity contribution in [1.82, 2.24) is 9.78 Å². The molecule has 0 radical (unpaired) electrons. The van der Waals surface area contributed by atoms with E-state index in [9.17, 15) is 8.42 Å². The molecule has 5 nitrogen and oxygen atoms in total. The average Bonchev–Trinajstić information content (AvgIpc) is 2.65. The summed E-state index contributed by atoms with van der Waals surface area (Å²) in [5.74, 6) is 0. The Labute approximate surface area is 99.9 Å². The molecule has 0 atom stereocenters. The molecule has 90 valence electrons. The van der Waals surface area contributed by atoms with Crippen molar-refractivity contribution in [2.24, 2.45) is 5.14 Å². The summed E-state index contributed by atoms with van der Waals surface area (Å²) in [6.07, 6.45) is 1.42. The highest BCUT2D eigenvalue weighted by Gasteiger charge is 2.16. The zero-order valence-electron chi connectivity index (χ0n) is 9.58. The average molecular weight is 251 g/mol. The van der Waals surface area contributed by atoms with Gasteiger partial charge in [0.25, 0.3) is 10.0 Å². The number of hydrogen-bond donors (Lipinski definition) is 1. The van der Waals surface area contributed by atoms with E-state index < -0.39 is 10.0 Å². The van der Waals surface area contributed by atoms with Gasteiger partial charge in [0, 0.05) is 0 Å². The molecule has 2 N–H and O–H groups in total. The first-order valence-electron chi connectivity index (χ1n) is 5.04. The number of nitrogens with two attached hydrogens (primary N) is 1. The van der Waals surface area contributed by atoms with Crippen LogP contribution >= 0.6 is 0 Å². The lowest BCUT2D eigenvalue weighted by Crippen LogP contribution is -2.17. The van der Waals surface area contributed by atoms with Crippen molar-refractivity contribution < 1.29 is 8.42 Å². The lowest BCUT2D eigenvalue weighted by molar-refractivity contribution is 0.587. The highest BCUT2D eigenvalue weighted by atomic mass is 32.2. The van der Waals surface area contributed by atoms with Crippen molar-refractivity contribution in [2.75, 3.05) is 0 Å². The Morgan fingerprint density at radius 3 is 2.53 bits per heavy atom. The van der Waals surface area contributed by atoms with E-state index in [1.54, 1.807) is 0 Å². The first-order valence-corrected chi connectivity index (χ1v) is 6.58. The predicted molar refractivity (Wildman–Crippen MR) is 64.4 cm³/mol. The van der Waals surface area contributed by atoms with E-state index in [1.807, 2.05) is 32.0 Å². The van der Waals surface area contributed by atoms with Gasteiger partial charge in [-0.25, -0.2) is 18.2 Å². The fraction of sp³-hybridized carbons (Fsp3) is 0.182. The van der Waals surface area contributed by atoms with E-state index in [1.165, 1.54) is 16.9 Å². The van der Waals surface area contributed by atoms with Crippen LogP contribution in [-0.4, -0.2) is 18.2 Å². The number of hydrogen-bond acceptors (Lipinski definition) is 3. The second kappa shape index (κ2) is 3.97. The molecule has 0 spiro atoms. The van der Waals surface area contributed by atoms with E-state index in [-0.39, 0.29) is 5.03 Å². The standard InChI is InChI=1S/C11H13N3O2S/c1-8-3-4-10(9(2)7-8)14-11(5-6-13-14)17(12,15)16/h3-7H,1-2H3,(H2,12,15,16). The molecule has 0 saturated heterocycles. The summed E-state index contributed by atoms with van der Waals surface area (Å²) in [6.45, 7) is 3.87. The number of benzene rings is 1. The molecule has 0 fully saturated rings. The van der Waals surface area contributed by atoms with Crippen molar-refractivity contribution in [2.45, 2.75) is 18.9 Å². The summed E-state index contributed by atoms with van der Waals surface area (Å²) in [6, 6.07) is 7.07. The van der Waals surface area contributed by atoms with Crippen LogP contribution in [0.15, 0.2) is 35.5 Å². The molecule has 0 aliphatic rings. The van der Waals surface area contributed by atoms with Gasteiger partial charge in [0.05, 0.1) is 11.9 Å². The number of nitrogens with zero attached hydrogens (tertiary/aromatic N) is 2. The zero-order valence-corrected chi connectivity index (χ0v) is 10.4. The summed E-state index contributed by atoms with van der Waals surface area (Å²) in [4.78, 5) is 0. The van der Waals surface area contributed by atoms with Crippen LogP contribution in [-0.2, 0) is 10.0 Å². The fourth-order valence-corrected chi connectivity index (χ4v) is 2.37. The minimum Gasteiger partial charge on any atom is -0.223 e. The van der Waals surface area contributed by atoms with Crippen molar-refractivity contribution in [3.8, 4) is 5.69 Å². The number of aryl methyl sites for hydroxylation is 2. The SMILES string of the molecule is Cc1ccc(-n2nccc2S(N)(=O)=O)c(C)c1. The quantitative estimate of drug-likeness (QED) is 0.869.